The Bertz CT molecular complexity index is 1780. The first kappa shape index (κ1) is 48.0. The molecule has 0 aromatic heterocycles. The normalized spacial score (nSPS) is 21.6. The highest BCUT2D eigenvalue weighted by molar-refractivity contribution is 5.98. The van der Waals surface area contributed by atoms with Gasteiger partial charge >= 0.3 is 5.97 Å². The van der Waals surface area contributed by atoms with E-state index in [1.165, 1.54) is 23.6 Å². The van der Waals surface area contributed by atoms with Crippen LogP contribution in [0.4, 0.5) is 0 Å². The topological polar surface area (TPSA) is 330 Å². The molecule has 11 N–H and O–H groups in total. The molecule has 3 fully saturated rings. The molecular weight excluding hydrogens is 802 g/mol. The Labute approximate surface area is 351 Å². The summed E-state index contributed by atoms with van der Waals surface area (Å²) >= 11 is 0. The second-order valence-corrected chi connectivity index (χ2v) is 15.4. The number of aliphatic hydroxyl groups excluding tert-OH is 3. The number of carboxylic acids is 1. The van der Waals surface area contributed by atoms with Crippen LogP contribution < -0.4 is 32.3 Å². The van der Waals surface area contributed by atoms with Gasteiger partial charge in [-0.2, -0.15) is 0 Å². The van der Waals surface area contributed by atoms with E-state index in [4.69, 9.17) is 5.73 Å². The maximum atomic E-state index is 13.6. The van der Waals surface area contributed by atoms with Crippen LogP contribution in [0, 0.1) is 0 Å². The van der Waals surface area contributed by atoms with Crippen molar-refractivity contribution in [1.82, 2.24) is 41.3 Å². The van der Waals surface area contributed by atoms with Crippen molar-refractivity contribution in [2.24, 2.45) is 5.73 Å². The molecule has 61 heavy (non-hydrogen) atoms. The molecule has 3 aliphatic rings. The number of aliphatic hydroxyl groups is 3. The minimum Gasteiger partial charge on any atom is -0.480 e. The Hall–Kier alpha value is -5.71. The van der Waals surface area contributed by atoms with Gasteiger partial charge in [-0.1, -0.05) is 30.3 Å². The maximum absolute atomic E-state index is 13.6. The average Bonchev–Trinajstić information content (AvgIpc) is 4.05. The Morgan fingerprint density at radius 2 is 1.07 bits per heavy atom. The zero-order chi connectivity index (χ0) is 45.0. The van der Waals surface area contributed by atoms with Gasteiger partial charge in [-0.05, 0) is 57.9 Å². The third kappa shape index (κ3) is 12.2. The number of rotatable bonds is 19. The van der Waals surface area contributed by atoms with Crippen molar-refractivity contribution in [2.45, 2.75) is 113 Å². The molecule has 9 atom stereocenters. The monoisotopic (exact) mass is 859 g/mol. The van der Waals surface area contributed by atoms with E-state index in [2.05, 4.69) is 26.6 Å². The van der Waals surface area contributed by atoms with Crippen LogP contribution in [0.1, 0.15) is 57.9 Å². The molecule has 1 aromatic rings. The molecule has 3 saturated heterocycles. The van der Waals surface area contributed by atoms with Gasteiger partial charge in [0.15, 0.2) is 0 Å². The Morgan fingerprint density at radius 3 is 1.61 bits per heavy atom. The van der Waals surface area contributed by atoms with Gasteiger partial charge in [0, 0.05) is 26.1 Å². The number of carbonyl (C=O) groups is 9. The molecule has 4 rings (SSSR count). The zero-order valence-electron chi connectivity index (χ0n) is 34.2. The maximum Gasteiger partial charge on any atom is 0.326 e. The molecule has 1 aromatic carbocycles. The largest absolute Gasteiger partial charge is 0.480 e. The first-order chi connectivity index (χ1) is 29.0. The number of nitrogens with one attached hydrogen (secondary N) is 5. The number of carbonyl (C=O) groups excluding carboxylic acids is 8. The van der Waals surface area contributed by atoms with Crippen molar-refractivity contribution in [3.63, 3.8) is 0 Å². The van der Waals surface area contributed by atoms with E-state index in [1.807, 2.05) is 0 Å². The van der Waals surface area contributed by atoms with Gasteiger partial charge < -0.3 is 67.4 Å². The molecule has 0 spiro atoms. The standard InChI is InChI=1S/C39H57N9O13/c1-21(40)36(57)48-16-8-13-30(48)38(59)47-15-7-12-29(47)35(56)44-26(19-50)33(54)45-27(20-51)37(58)46-14-6-11-28(46)34(55)41-22(2)31(52)43-25(18-49)32(53)42-24(39(60)61)17-23-9-4-3-5-10-23/h3-5,9-10,21-22,24-30,49-51H,6-8,11-20,40H2,1-2H3,(H,41,55)(H,42,53)(H,43,52)(H,44,56)(H,45,54)(H,60,61)/t21-,22-,24-,25-,26-,27-,28-,29-,30-/m0/s1. The first-order valence-electron chi connectivity index (χ1n) is 20.3. The van der Waals surface area contributed by atoms with Crippen molar-refractivity contribution in [2.75, 3.05) is 39.5 Å². The molecule has 0 radical (unpaired) electrons. The van der Waals surface area contributed by atoms with Gasteiger partial charge in [-0.15, -0.1) is 0 Å². The second kappa shape index (κ2) is 22.2. The Balaban J connectivity index is 1.31. The fraction of sp³-hybridized carbons (Fsp3) is 0.615. The number of nitrogens with zero attached hydrogens (tertiary/aromatic N) is 3. The highest BCUT2D eigenvalue weighted by Gasteiger charge is 2.44. The van der Waals surface area contributed by atoms with Crippen LogP contribution in [0.25, 0.3) is 0 Å². The van der Waals surface area contributed by atoms with Crippen molar-refractivity contribution in [3.05, 3.63) is 35.9 Å². The fourth-order valence-electron chi connectivity index (χ4n) is 7.65. The van der Waals surface area contributed by atoms with Crippen LogP contribution in [0.5, 0.6) is 0 Å². The summed E-state index contributed by atoms with van der Waals surface area (Å²) in [4.78, 5) is 121. The number of benzene rings is 1. The molecule has 0 bridgehead atoms. The van der Waals surface area contributed by atoms with Crippen LogP contribution in [0.3, 0.4) is 0 Å². The summed E-state index contributed by atoms with van der Waals surface area (Å²) in [5, 5.41) is 51.4. The lowest BCUT2D eigenvalue weighted by Gasteiger charge is -2.32. The van der Waals surface area contributed by atoms with Crippen LogP contribution in [0.2, 0.25) is 0 Å². The lowest BCUT2D eigenvalue weighted by molar-refractivity contribution is -0.147. The molecule has 22 nitrogen and oxygen atoms in total. The number of likely N-dealkylation sites (tertiary alicyclic amines) is 3. The molecule has 0 saturated carbocycles. The molecule has 336 valence electrons. The van der Waals surface area contributed by atoms with Gasteiger partial charge in [0.05, 0.1) is 25.9 Å². The van der Waals surface area contributed by atoms with Crippen molar-refractivity contribution in [3.8, 4) is 0 Å². The summed E-state index contributed by atoms with van der Waals surface area (Å²) in [5.74, 6) is -7.49. The molecule has 0 aliphatic carbocycles. The Morgan fingerprint density at radius 1 is 0.607 bits per heavy atom. The molecule has 3 aliphatic heterocycles. The number of hydrogen-bond donors (Lipinski definition) is 10. The van der Waals surface area contributed by atoms with E-state index in [1.54, 1.807) is 30.3 Å². The summed E-state index contributed by atoms with van der Waals surface area (Å²) in [5.41, 5.74) is 6.39. The van der Waals surface area contributed by atoms with Crippen LogP contribution in [-0.4, -0.2) is 182 Å². The van der Waals surface area contributed by atoms with Crippen molar-refractivity contribution >= 4 is 53.2 Å². The number of amides is 8. The highest BCUT2D eigenvalue weighted by Crippen LogP contribution is 2.26. The summed E-state index contributed by atoms with van der Waals surface area (Å²) in [6, 6.07) is -2.78. The summed E-state index contributed by atoms with van der Waals surface area (Å²) in [6.07, 6.45) is 2.10. The van der Waals surface area contributed by atoms with Crippen molar-refractivity contribution < 1.29 is 63.6 Å². The summed E-state index contributed by atoms with van der Waals surface area (Å²) < 4.78 is 0. The number of nitrogens with two attached hydrogens (primary N) is 1. The van der Waals surface area contributed by atoms with E-state index < -0.39 is 122 Å². The lowest BCUT2D eigenvalue weighted by atomic mass is 10.1. The third-order valence-electron chi connectivity index (χ3n) is 11.0. The summed E-state index contributed by atoms with van der Waals surface area (Å²) in [7, 11) is 0. The number of aliphatic carboxylic acids is 1. The summed E-state index contributed by atoms with van der Waals surface area (Å²) in [6.45, 7) is 0.670. The number of hydrogen-bond acceptors (Lipinski definition) is 13. The van der Waals surface area contributed by atoms with Gasteiger partial charge in [-0.25, -0.2) is 4.79 Å². The van der Waals surface area contributed by atoms with E-state index in [9.17, 15) is 63.6 Å². The van der Waals surface area contributed by atoms with Crippen LogP contribution >= 0.6 is 0 Å². The smallest absolute Gasteiger partial charge is 0.326 e. The minimum atomic E-state index is -1.62. The van der Waals surface area contributed by atoms with Gasteiger partial charge in [0.25, 0.3) is 0 Å². The van der Waals surface area contributed by atoms with Gasteiger partial charge in [-0.3, -0.25) is 38.4 Å². The quantitative estimate of drug-likeness (QED) is 0.0624. The van der Waals surface area contributed by atoms with Gasteiger partial charge in [0.2, 0.25) is 47.3 Å². The van der Waals surface area contributed by atoms with E-state index in [0.717, 1.165) is 4.90 Å². The van der Waals surface area contributed by atoms with E-state index >= 15 is 0 Å². The third-order valence-corrected chi connectivity index (χ3v) is 11.0. The van der Waals surface area contributed by atoms with E-state index in [-0.39, 0.29) is 38.3 Å². The van der Waals surface area contributed by atoms with Crippen molar-refractivity contribution in [1.29, 1.82) is 0 Å². The van der Waals surface area contributed by atoms with Crippen LogP contribution in [0.15, 0.2) is 30.3 Å². The minimum absolute atomic E-state index is 0.0320. The average molecular weight is 860 g/mol. The van der Waals surface area contributed by atoms with Gasteiger partial charge in [0.1, 0.15) is 48.3 Å². The molecule has 22 heteroatoms. The SMILES string of the molecule is C[C@H](N)C(=O)N1CCC[C@H]1C(=O)N1CCC[C@H]1C(=O)N[C@@H](CO)C(=O)N[C@@H](CO)C(=O)N1CCC[C@H]1C(=O)N[C@@H](C)C(=O)N[C@@H](CO)C(=O)N[C@@H](Cc1ccccc1)C(=O)O. The van der Waals surface area contributed by atoms with Crippen LogP contribution in [-0.2, 0) is 49.6 Å². The molecule has 0 unspecified atom stereocenters. The molecular formula is C39H57N9O13. The fourth-order valence-corrected chi connectivity index (χ4v) is 7.65. The zero-order valence-corrected chi connectivity index (χ0v) is 34.2. The molecule has 3 heterocycles. The second-order valence-electron chi connectivity index (χ2n) is 15.4. The Kier molecular flexibility index (Phi) is 17.5. The number of carboxylic acid groups (broad SMARTS) is 1. The van der Waals surface area contributed by atoms with E-state index in [0.29, 0.717) is 37.8 Å². The molecule has 8 amide bonds. The predicted molar refractivity (Wildman–Crippen MR) is 212 cm³/mol. The lowest BCUT2D eigenvalue weighted by Crippen LogP contribution is -2.61. The predicted octanol–water partition coefficient (Wildman–Crippen LogP) is -4.95. The highest BCUT2D eigenvalue weighted by atomic mass is 16.4. The first-order valence-corrected chi connectivity index (χ1v) is 20.3.